The van der Waals surface area contributed by atoms with Crippen LogP contribution in [-0.2, 0) is 0 Å². The van der Waals surface area contributed by atoms with Crippen molar-refractivity contribution in [1.29, 1.82) is 0 Å². The summed E-state index contributed by atoms with van der Waals surface area (Å²) in [6.07, 6.45) is 2.99. The fourth-order valence-electron chi connectivity index (χ4n) is 0.323. The molecule has 1 aliphatic heterocycles. The number of hydrogen-bond donors (Lipinski definition) is 1. The molecular formula is C8H22N2. The van der Waals surface area contributed by atoms with Gasteiger partial charge in [-0.05, 0) is 0 Å². The van der Waals surface area contributed by atoms with E-state index in [1.54, 1.807) is 6.34 Å². The Labute approximate surface area is 66.2 Å². The zero-order valence-electron chi connectivity index (χ0n) is 7.65. The molecule has 1 rings (SSSR count). The summed E-state index contributed by atoms with van der Waals surface area (Å²) in [5.41, 5.74) is 0. The van der Waals surface area contributed by atoms with E-state index >= 15 is 0 Å². The van der Waals surface area contributed by atoms with Gasteiger partial charge in [-0.3, -0.25) is 4.99 Å². The van der Waals surface area contributed by atoms with E-state index < -0.39 is 0 Å². The maximum Gasteiger partial charge on any atom is 0.0825 e. The monoisotopic (exact) mass is 146 g/mol. The van der Waals surface area contributed by atoms with Gasteiger partial charge in [-0.25, -0.2) is 0 Å². The highest BCUT2D eigenvalue weighted by Crippen LogP contribution is 1.68. The molecule has 10 heavy (non-hydrogen) atoms. The lowest BCUT2D eigenvalue weighted by atomic mass is 10.6. The molecule has 0 fully saturated rings. The number of aliphatic imine (C=N–C) groups is 1. The Balaban J connectivity index is -0.0000000956. The summed E-state index contributed by atoms with van der Waals surface area (Å²) in [6.45, 7) is 10.2. The first-order valence-electron chi connectivity index (χ1n) is 4.13. The number of hydrogen-bond acceptors (Lipinski definition) is 2. The molecule has 1 heterocycles. The third-order valence-corrected chi connectivity index (χ3v) is 0.568. The van der Waals surface area contributed by atoms with Crippen LogP contribution in [-0.4, -0.2) is 19.4 Å². The van der Waals surface area contributed by atoms with Crippen molar-refractivity contribution in [3.8, 4) is 0 Å². The van der Waals surface area contributed by atoms with Crippen LogP contribution in [0.5, 0.6) is 0 Å². The highest BCUT2D eigenvalue weighted by atomic mass is 15.0. The largest absolute Gasteiger partial charge is 0.375 e. The van der Waals surface area contributed by atoms with Gasteiger partial charge >= 0.3 is 0 Å². The van der Waals surface area contributed by atoms with Gasteiger partial charge in [0.05, 0.1) is 12.9 Å². The summed E-state index contributed by atoms with van der Waals surface area (Å²) in [5, 5.41) is 2.93. The lowest BCUT2D eigenvalue weighted by molar-refractivity contribution is 0.965. The van der Waals surface area contributed by atoms with Crippen LogP contribution >= 0.6 is 0 Å². The lowest BCUT2D eigenvalue weighted by Gasteiger charge is -1.75. The second kappa shape index (κ2) is 15.8. The third kappa shape index (κ3) is 15.6. The molecule has 0 bridgehead atoms. The quantitative estimate of drug-likeness (QED) is 0.557. The SMILES string of the molecule is C1=NCCN1.CC.CCC.[HH]. The highest BCUT2D eigenvalue weighted by Gasteiger charge is 1.82. The molecule has 1 N–H and O–H groups in total. The minimum absolute atomic E-state index is 0. The van der Waals surface area contributed by atoms with Crippen molar-refractivity contribution >= 4 is 6.34 Å². The average molecular weight is 146 g/mol. The first-order chi connectivity index (χ1) is 4.91. The standard InChI is InChI=1S/C3H6N2.C3H8.C2H6.H2/c1-2-5-3-4-1;1-3-2;1-2;/h3H,1-2H2,(H,4,5);3H2,1-2H3;1-2H3;1H. The molecule has 0 spiro atoms. The molecule has 64 valence electrons. The van der Waals surface area contributed by atoms with Crippen LogP contribution in [0.2, 0.25) is 0 Å². The predicted octanol–water partition coefficient (Wildman–Crippen LogP) is 2.31. The van der Waals surface area contributed by atoms with Gasteiger partial charge in [0.25, 0.3) is 0 Å². The normalized spacial score (nSPS) is 12.0. The lowest BCUT2D eigenvalue weighted by Crippen LogP contribution is -2.04. The van der Waals surface area contributed by atoms with E-state index in [1.807, 2.05) is 13.8 Å². The van der Waals surface area contributed by atoms with Crippen molar-refractivity contribution in [2.45, 2.75) is 34.1 Å². The van der Waals surface area contributed by atoms with E-state index in [-0.39, 0.29) is 1.43 Å². The Bertz CT molecular complexity index is 59.1. The van der Waals surface area contributed by atoms with Gasteiger partial charge < -0.3 is 5.32 Å². The van der Waals surface area contributed by atoms with Crippen molar-refractivity contribution in [2.24, 2.45) is 4.99 Å². The second-order valence-electron chi connectivity index (χ2n) is 1.70. The zero-order chi connectivity index (χ0) is 8.24. The maximum absolute atomic E-state index is 3.85. The molecule has 0 atom stereocenters. The zero-order valence-corrected chi connectivity index (χ0v) is 7.65. The highest BCUT2D eigenvalue weighted by molar-refractivity contribution is 5.56. The molecule has 0 aromatic carbocycles. The van der Waals surface area contributed by atoms with E-state index in [1.165, 1.54) is 6.42 Å². The van der Waals surface area contributed by atoms with Crippen LogP contribution in [0.4, 0.5) is 0 Å². The predicted molar refractivity (Wildman–Crippen MR) is 50.8 cm³/mol. The first-order valence-corrected chi connectivity index (χ1v) is 4.13. The van der Waals surface area contributed by atoms with Crippen molar-refractivity contribution < 1.29 is 1.43 Å². The molecule has 0 aromatic rings. The molecule has 2 nitrogen and oxygen atoms in total. The van der Waals surface area contributed by atoms with Crippen LogP contribution in [0.3, 0.4) is 0 Å². The van der Waals surface area contributed by atoms with Crippen LogP contribution in [0.15, 0.2) is 4.99 Å². The molecule has 1 aliphatic rings. The summed E-state index contributed by atoms with van der Waals surface area (Å²) in [6, 6.07) is 0. The van der Waals surface area contributed by atoms with Gasteiger partial charge in [-0.1, -0.05) is 34.1 Å². The van der Waals surface area contributed by atoms with Crippen molar-refractivity contribution in [2.75, 3.05) is 13.1 Å². The maximum atomic E-state index is 3.85. The summed E-state index contributed by atoms with van der Waals surface area (Å²) in [5.74, 6) is 0. The van der Waals surface area contributed by atoms with Gasteiger partial charge in [0.2, 0.25) is 0 Å². The van der Waals surface area contributed by atoms with E-state index in [2.05, 4.69) is 24.2 Å². The second-order valence-corrected chi connectivity index (χ2v) is 1.70. The van der Waals surface area contributed by atoms with E-state index in [0.717, 1.165) is 13.1 Å². The topological polar surface area (TPSA) is 24.4 Å². The van der Waals surface area contributed by atoms with Crippen LogP contribution in [0.25, 0.3) is 0 Å². The molecule has 0 saturated heterocycles. The average Bonchev–Trinajstić information content (AvgIpc) is 2.48. The van der Waals surface area contributed by atoms with Gasteiger partial charge in [0, 0.05) is 7.97 Å². The van der Waals surface area contributed by atoms with Gasteiger partial charge in [0.1, 0.15) is 0 Å². The van der Waals surface area contributed by atoms with Crippen LogP contribution < -0.4 is 5.32 Å². The van der Waals surface area contributed by atoms with Gasteiger partial charge in [0.15, 0.2) is 0 Å². The Morgan fingerprint density at radius 2 is 2.00 bits per heavy atom. The summed E-state index contributed by atoms with van der Waals surface area (Å²) in [7, 11) is 0. The fraction of sp³-hybridized carbons (Fsp3) is 0.875. The Hall–Kier alpha value is -0.530. The number of nitrogens with one attached hydrogen (secondary N) is 1. The van der Waals surface area contributed by atoms with Crippen LogP contribution in [0.1, 0.15) is 35.5 Å². The molecule has 0 amide bonds. The molecule has 2 heteroatoms. The van der Waals surface area contributed by atoms with Gasteiger partial charge in [-0.2, -0.15) is 0 Å². The first kappa shape index (κ1) is 12.2. The minimum Gasteiger partial charge on any atom is -0.375 e. The smallest absolute Gasteiger partial charge is 0.0825 e. The van der Waals surface area contributed by atoms with Crippen molar-refractivity contribution in [3.63, 3.8) is 0 Å². The Morgan fingerprint density at radius 3 is 2.10 bits per heavy atom. The minimum atomic E-state index is 0. The summed E-state index contributed by atoms with van der Waals surface area (Å²) in [4.78, 5) is 3.85. The van der Waals surface area contributed by atoms with E-state index in [9.17, 15) is 0 Å². The molecule has 0 aliphatic carbocycles. The molecule has 0 radical (unpaired) electrons. The van der Waals surface area contributed by atoms with Crippen LogP contribution in [0, 0.1) is 0 Å². The molecule has 0 aromatic heterocycles. The number of nitrogens with zero attached hydrogens (tertiary/aromatic N) is 1. The van der Waals surface area contributed by atoms with Gasteiger partial charge in [-0.15, -0.1) is 0 Å². The number of rotatable bonds is 0. The molecule has 0 saturated carbocycles. The molecule has 0 unspecified atom stereocenters. The summed E-state index contributed by atoms with van der Waals surface area (Å²) < 4.78 is 0. The summed E-state index contributed by atoms with van der Waals surface area (Å²) >= 11 is 0. The van der Waals surface area contributed by atoms with E-state index in [4.69, 9.17) is 0 Å². The Morgan fingerprint density at radius 1 is 1.50 bits per heavy atom. The van der Waals surface area contributed by atoms with Crippen molar-refractivity contribution in [1.82, 2.24) is 5.32 Å². The Kier molecular flexibility index (Phi) is 19.2. The molecular weight excluding hydrogens is 124 g/mol. The van der Waals surface area contributed by atoms with Crippen molar-refractivity contribution in [3.05, 3.63) is 0 Å². The van der Waals surface area contributed by atoms with E-state index in [0.29, 0.717) is 0 Å². The third-order valence-electron chi connectivity index (χ3n) is 0.568. The fourth-order valence-corrected chi connectivity index (χ4v) is 0.323.